The van der Waals surface area contributed by atoms with Crippen molar-refractivity contribution in [3.63, 3.8) is 0 Å². The van der Waals surface area contributed by atoms with E-state index in [0.717, 1.165) is 24.8 Å². The molecule has 0 radical (unpaired) electrons. The van der Waals surface area contributed by atoms with Gasteiger partial charge in [0.1, 0.15) is 0 Å². The molecule has 0 unspecified atom stereocenters. The highest BCUT2D eigenvalue weighted by atomic mass is 32.2. The first-order valence-corrected chi connectivity index (χ1v) is 10.7. The van der Waals surface area contributed by atoms with E-state index in [2.05, 4.69) is 15.4 Å². The molecule has 10 heteroatoms. The van der Waals surface area contributed by atoms with Gasteiger partial charge < -0.3 is 14.5 Å². The highest BCUT2D eigenvalue weighted by Crippen LogP contribution is 2.22. The molecule has 2 aromatic rings. The van der Waals surface area contributed by atoms with E-state index in [1.807, 2.05) is 0 Å². The van der Waals surface area contributed by atoms with Gasteiger partial charge in [-0.05, 0) is 42.7 Å². The zero-order valence-electron chi connectivity index (χ0n) is 16.0. The van der Waals surface area contributed by atoms with Crippen LogP contribution in [0.4, 0.5) is 10.5 Å². The zero-order valence-corrected chi connectivity index (χ0v) is 16.8. The van der Waals surface area contributed by atoms with Gasteiger partial charge in [0.2, 0.25) is 5.09 Å². The quantitative estimate of drug-likeness (QED) is 0.740. The van der Waals surface area contributed by atoms with Gasteiger partial charge in [0.25, 0.3) is 15.9 Å². The third kappa shape index (κ3) is 5.15. The summed E-state index contributed by atoms with van der Waals surface area (Å²) in [7, 11) is -2.44. The molecule has 0 atom stereocenters. The second-order valence-electron chi connectivity index (χ2n) is 6.58. The van der Waals surface area contributed by atoms with E-state index in [1.165, 1.54) is 23.5 Å². The van der Waals surface area contributed by atoms with Crippen LogP contribution in [-0.4, -0.2) is 44.9 Å². The Labute approximate surface area is 169 Å². The molecule has 3 rings (SSSR count). The molecular weight excluding hydrogens is 398 g/mol. The number of hydrogen-bond acceptors (Lipinski definition) is 6. The van der Waals surface area contributed by atoms with Crippen molar-refractivity contribution >= 4 is 27.7 Å². The smallest absolute Gasteiger partial charge is 0.411 e. The predicted octanol–water partition coefficient (Wildman–Crippen LogP) is 2.56. The number of carbonyl (C=O) groups is 2. The number of carbonyl (C=O) groups excluding carboxylic acids is 2. The van der Waals surface area contributed by atoms with Crippen LogP contribution in [0.15, 0.2) is 45.9 Å². The number of piperidine rings is 1. The van der Waals surface area contributed by atoms with Gasteiger partial charge in [-0.15, -0.1) is 0 Å². The van der Waals surface area contributed by atoms with Gasteiger partial charge in [-0.2, -0.15) is 4.31 Å². The monoisotopic (exact) mass is 421 g/mol. The topological polar surface area (TPSA) is 118 Å². The number of furan rings is 1. The number of rotatable bonds is 6. The largest absolute Gasteiger partial charge is 0.453 e. The molecule has 1 saturated heterocycles. The number of nitrogens with zero attached hydrogens (tertiary/aromatic N) is 1. The molecule has 0 spiro atoms. The molecule has 1 aromatic carbocycles. The molecule has 1 aromatic heterocycles. The van der Waals surface area contributed by atoms with Crippen LogP contribution in [0.3, 0.4) is 0 Å². The third-order valence-electron chi connectivity index (χ3n) is 4.55. The van der Waals surface area contributed by atoms with E-state index in [1.54, 1.807) is 24.3 Å². The first-order valence-electron chi connectivity index (χ1n) is 9.22. The number of ether oxygens (including phenoxy) is 1. The van der Waals surface area contributed by atoms with Gasteiger partial charge >= 0.3 is 6.09 Å². The average Bonchev–Trinajstić information content (AvgIpc) is 3.25. The van der Waals surface area contributed by atoms with E-state index in [4.69, 9.17) is 4.42 Å². The lowest BCUT2D eigenvalue weighted by atomic mass is 10.2. The lowest BCUT2D eigenvalue weighted by Crippen LogP contribution is -2.35. The van der Waals surface area contributed by atoms with E-state index in [-0.39, 0.29) is 17.4 Å². The number of nitrogens with one attached hydrogen (secondary N) is 2. The Hall–Kier alpha value is -2.85. The van der Waals surface area contributed by atoms with E-state index in [0.29, 0.717) is 18.8 Å². The van der Waals surface area contributed by atoms with Crippen LogP contribution in [0.2, 0.25) is 0 Å². The maximum absolute atomic E-state index is 12.6. The summed E-state index contributed by atoms with van der Waals surface area (Å²) < 4.78 is 36.4. The standard InChI is InChI=1S/C19H23N3O6S/c1-27-19(24)21-15-7-5-14(6-8-15)13-20-18(23)16-9-10-17(28-16)29(25,26)22-11-3-2-4-12-22/h5-10H,2-4,11-13H2,1H3,(H,20,23)(H,21,24). The lowest BCUT2D eigenvalue weighted by molar-refractivity contribution is 0.0917. The molecule has 0 saturated carbocycles. The van der Waals surface area contributed by atoms with Gasteiger partial charge in [0.15, 0.2) is 5.76 Å². The minimum absolute atomic E-state index is 0.0652. The lowest BCUT2D eigenvalue weighted by Gasteiger charge is -2.24. The minimum Gasteiger partial charge on any atom is -0.453 e. The third-order valence-corrected chi connectivity index (χ3v) is 6.33. The van der Waals surface area contributed by atoms with Gasteiger partial charge in [0, 0.05) is 25.3 Å². The van der Waals surface area contributed by atoms with Crippen LogP contribution in [-0.2, 0) is 21.3 Å². The number of hydrogen-bond donors (Lipinski definition) is 2. The van der Waals surface area contributed by atoms with Gasteiger partial charge in [0.05, 0.1) is 7.11 Å². The summed E-state index contributed by atoms with van der Waals surface area (Å²) in [6, 6.07) is 9.49. The molecule has 9 nitrogen and oxygen atoms in total. The highest BCUT2D eigenvalue weighted by Gasteiger charge is 2.29. The molecule has 2 heterocycles. The Balaban J connectivity index is 1.58. The van der Waals surface area contributed by atoms with Crippen LogP contribution in [0, 0.1) is 0 Å². The summed E-state index contributed by atoms with van der Waals surface area (Å²) in [6.07, 6.45) is 2.08. The zero-order chi connectivity index (χ0) is 20.9. The Morgan fingerprint density at radius 3 is 2.41 bits per heavy atom. The second-order valence-corrected chi connectivity index (χ2v) is 8.45. The van der Waals surface area contributed by atoms with Crippen molar-refractivity contribution in [3.05, 3.63) is 47.7 Å². The summed E-state index contributed by atoms with van der Waals surface area (Å²) in [5.74, 6) is -0.577. The van der Waals surface area contributed by atoms with Gasteiger partial charge in [-0.3, -0.25) is 10.1 Å². The van der Waals surface area contributed by atoms with Crippen molar-refractivity contribution in [1.29, 1.82) is 0 Å². The van der Waals surface area contributed by atoms with Crippen molar-refractivity contribution in [2.24, 2.45) is 0 Å². The van der Waals surface area contributed by atoms with Crippen molar-refractivity contribution in [2.45, 2.75) is 30.9 Å². The molecule has 2 amide bonds. The molecular formula is C19H23N3O6S. The number of anilines is 1. The summed E-state index contributed by atoms with van der Waals surface area (Å²) >= 11 is 0. The minimum atomic E-state index is -3.72. The summed E-state index contributed by atoms with van der Waals surface area (Å²) in [4.78, 5) is 23.5. The van der Waals surface area contributed by atoms with Crippen molar-refractivity contribution in [1.82, 2.24) is 9.62 Å². The van der Waals surface area contributed by atoms with Crippen LogP contribution in [0.1, 0.15) is 35.4 Å². The van der Waals surface area contributed by atoms with Crippen molar-refractivity contribution < 1.29 is 27.2 Å². The molecule has 29 heavy (non-hydrogen) atoms. The maximum Gasteiger partial charge on any atom is 0.411 e. The number of benzene rings is 1. The van der Waals surface area contributed by atoms with Crippen LogP contribution >= 0.6 is 0 Å². The SMILES string of the molecule is COC(=O)Nc1ccc(CNC(=O)c2ccc(S(=O)(=O)N3CCCCC3)o2)cc1. The van der Waals surface area contributed by atoms with E-state index >= 15 is 0 Å². The van der Waals surface area contributed by atoms with Crippen molar-refractivity contribution in [3.8, 4) is 0 Å². The van der Waals surface area contributed by atoms with Crippen LogP contribution in [0.5, 0.6) is 0 Å². The fourth-order valence-electron chi connectivity index (χ4n) is 2.96. The summed E-state index contributed by atoms with van der Waals surface area (Å²) in [6.45, 7) is 1.14. The molecule has 0 bridgehead atoms. The Kier molecular flexibility index (Phi) is 6.55. The fraction of sp³-hybridized carbons (Fsp3) is 0.368. The molecule has 0 aliphatic carbocycles. The molecule has 1 aliphatic heterocycles. The van der Waals surface area contributed by atoms with Gasteiger partial charge in [-0.1, -0.05) is 18.6 Å². The average molecular weight is 421 g/mol. The first kappa shape index (κ1) is 20.9. The van der Waals surface area contributed by atoms with Crippen LogP contribution < -0.4 is 10.6 Å². The predicted molar refractivity (Wildman–Crippen MR) is 105 cm³/mol. The normalized spacial score (nSPS) is 14.9. The van der Waals surface area contributed by atoms with E-state index in [9.17, 15) is 18.0 Å². The Morgan fingerprint density at radius 1 is 1.07 bits per heavy atom. The molecule has 2 N–H and O–H groups in total. The maximum atomic E-state index is 12.6. The number of amides is 2. The van der Waals surface area contributed by atoms with E-state index < -0.39 is 22.0 Å². The second kappa shape index (κ2) is 9.10. The fourth-order valence-corrected chi connectivity index (χ4v) is 4.39. The van der Waals surface area contributed by atoms with Gasteiger partial charge in [-0.25, -0.2) is 13.2 Å². The van der Waals surface area contributed by atoms with Crippen molar-refractivity contribution in [2.75, 3.05) is 25.5 Å². The molecule has 156 valence electrons. The molecule has 1 fully saturated rings. The van der Waals surface area contributed by atoms with Crippen LogP contribution in [0.25, 0.3) is 0 Å². The molecule has 1 aliphatic rings. The number of methoxy groups -OCH3 is 1. The number of sulfonamides is 1. The summed E-state index contributed by atoms with van der Waals surface area (Å²) in [5, 5.41) is 4.99. The summed E-state index contributed by atoms with van der Waals surface area (Å²) in [5.41, 5.74) is 1.35. The Morgan fingerprint density at radius 2 is 1.76 bits per heavy atom. The highest BCUT2D eigenvalue weighted by molar-refractivity contribution is 7.89. The first-order chi connectivity index (χ1) is 13.9. The Bertz CT molecular complexity index is 962.